The van der Waals surface area contributed by atoms with Crippen LogP contribution in [0.4, 0.5) is 0 Å². The van der Waals surface area contributed by atoms with E-state index in [1.807, 2.05) is 62.4 Å². The molecule has 1 unspecified atom stereocenters. The van der Waals surface area contributed by atoms with Crippen molar-refractivity contribution in [1.82, 2.24) is 10.2 Å². The average molecular weight is 439 g/mol. The van der Waals surface area contributed by atoms with Gasteiger partial charge >= 0.3 is 0 Å². The lowest BCUT2D eigenvalue weighted by atomic mass is 10.0. The Morgan fingerprint density at radius 2 is 1.66 bits per heavy atom. The smallest absolute Gasteiger partial charge is 0.261 e. The van der Waals surface area contributed by atoms with Crippen molar-refractivity contribution in [2.24, 2.45) is 5.92 Å². The number of carbonyl (C=O) groups is 2. The van der Waals surface area contributed by atoms with E-state index >= 15 is 0 Å². The van der Waals surface area contributed by atoms with Crippen molar-refractivity contribution in [3.63, 3.8) is 0 Å². The molecule has 0 fully saturated rings. The van der Waals surface area contributed by atoms with Gasteiger partial charge in [-0.1, -0.05) is 77.1 Å². The molecule has 0 saturated heterocycles. The fourth-order valence-corrected chi connectivity index (χ4v) is 3.62. The molecule has 0 saturated carbocycles. The van der Waals surface area contributed by atoms with E-state index in [0.29, 0.717) is 31.2 Å². The third kappa shape index (κ3) is 7.11. The van der Waals surface area contributed by atoms with Crippen LogP contribution >= 0.6 is 0 Å². The normalized spacial score (nSPS) is 12.0. The summed E-state index contributed by atoms with van der Waals surface area (Å²) in [5.41, 5.74) is 3.18. The molecule has 0 aliphatic heterocycles. The molecular weight excluding hydrogens is 400 g/mol. The van der Waals surface area contributed by atoms with Gasteiger partial charge in [-0.2, -0.15) is 0 Å². The number of ether oxygens (including phenoxy) is 1. The molecule has 1 atom stereocenters. The highest BCUT2D eigenvalue weighted by atomic mass is 16.5. The molecule has 0 aliphatic rings. The minimum absolute atomic E-state index is 0.108. The standard InChI is InChI=1S/C27H38N2O3/c1-7-24(27(31)28-16-19(2)3)29(17-22-13-9-8-12-21(22)6)26(30)18-32-25-15-11-10-14-23(25)20(4)5/h8-15,19-20,24H,7,16-18H2,1-6H3,(H,28,31). The maximum absolute atomic E-state index is 13.4. The molecule has 2 rings (SSSR count). The summed E-state index contributed by atoms with van der Waals surface area (Å²) in [5.74, 6) is 1.02. The lowest BCUT2D eigenvalue weighted by molar-refractivity contribution is -0.143. The van der Waals surface area contributed by atoms with Crippen LogP contribution in [0.1, 0.15) is 63.6 Å². The van der Waals surface area contributed by atoms with Crippen LogP contribution < -0.4 is 10.1 Å². The third-order valence-corrected chi connectivity index (χ3v) is 5.56. The molecule has 0 bridgehead atoms. The number of hydrogen-bond acceptors (Lipinski definition) is 3. The molecule has 0 radical (unpaired) electrons. The Hall–Kier alpha value is -2.82. The van der Waals surface area contributed by atoms with Gasteiger partial charge in [0.1, 0.15) is 11.8 Å². The highest BCUT2D eigenvalue weighted by molar-refractivity contribution is 5.88. The number of hydrogen-bond donors (Lipinski definition) is 1. The van der Waals surface area contributed by atoms with E-state index in [0.717, 1.165) is 16.7 Å². The van der Waals surface area contributed by atoms with E-state index in [1.54, 1.807) is 4.90 Å². The molecule has 2 aromatic carbocycles. The first-order valence-corrected chi connectivity index (χ1v) is 11.6. The Morgan fingerprint density at radius 1 is 1.00 bits per heavy atom. The Kier molecular flexibility index (Phi) is 9.76. The third-order valence-electron chi connectivity index (χ3n) is 5.56. The quantitative estimate of drug-likeness (QED) is 0.532. The van der Waals surface area contributed by atoms with E-state index in [9.17, 15) is 9.59 Å². The van der Waals surface area contributed by atoms with E-state index in [2.05, 4.69) is 33.0 Å². The number of amides is 2. The number of aryl methyl sites for hydroxylation is 1. The SMILES string of the molecule is CCC(C(=O)NCC(C)C)N(Cc1ccccc1C)C(=O)COc1ccccc1C(C)C. The molecule has 2 amide bonds. The van der Waals surface area contributed by atoms with Gasteiger partial charge in [-0.05, 0) is 47.9 Å². The molecule has 0 heterocycles. The maximum Gasteiger partial charge on any atom is 0.261 e. The molecule has 2 aromatic rings. The lowest BCUT2D eigenvalue weighted by Crippen LogP contribution is -2.50. The fourth-order valence-electron chi connectivity index (χ4n) is 3.62. The summed E-state index contributed by atoms with van der Waals surface area (Å²) in [6.45, 7) is 13.1. The van der Waals surface area contributed by atoms with Crippen LogP contribution in [0.5, 0.6) is 5.75 Å². The van der Waals surface area contributed by atoms with Crippen LogP contribution in [0.15, 0.2) is 48.5 Å². The Bertz CT molecular complexity index is 892. The summed E-state index contributed by atoms with van der Waals surface area (Å²) in [6.07, 6.45) is 0.532. The number of nitrogens with zero attached hydrogens (tertiary/aromatic N) is 1. The Balaban J connectivity index is 2.25. The molecule has 0 spiro atoms. The number of para-hydroxylation sites is 1. The van der Waals surface area contributed by atoms with Gasteiger partial charge in [0.05, 0.1) is 0 Å². The first-order chi connectivity index (χ1) is 15.2. The topological polar surface area (TPSA) is 58.6 Å². The molecule has 0 aromatic heterocycles. The minimum atomic E-state index is -0.551. The minimum Gasteiger partial charge on any atom is -0.483 e. The van der Waals surface area contributed by atoms with Gasteiger partial charge in [0.2, 0.25) is 5.91 Å². The number of nitrogens with one attached hydrogen (secondary N) is 1. The predicted octanol–water partition coefficient (Wildman–Crippen LogP) is 5.08. The molecule has 174 valence electrons. The summed E-state index contributed by atoms with van der Waals surface area (Å²) in [7, 11) is 0. The zero-order chi connectivity index (χ0) is 23.7. The molecule has 32 heavy (non-hydrogen) atoms. The van der Waals surface area contributed by atoms with Crippen LogP contribution in [0.2, 0.25) is 0 Å². The lowest BCUT2D eigenvalue weighted by Gasteiger charge is -2.31. The van der Waals surface area contributed by atoms with Crippen molar-refractivity contribution in [3.8, 4) is 5.75 Å². The second kappa shape index (κ2) is 12.3. The molecule has 5 heteroatoms. The van der Waals surface area contributed by atoms with E-state index in [-0.39, 0.29) is 24.3 Å². The van der Waals surface area contributed by atoms with E-state index < -0.39 is 6.04 Å². The number of rotatable bonds is 11. The number of carbonyl (C=O) groups excluding carboxylic acids is 2. The van der Waals surface area contributed by atoms with Gasteiger partial charge in [0.15, 0.2) is 6.61 Å². The highest BCUT2D eigenvalue weighted by Crippen LogP contribution is 2.26. The van der Waals surface area contributed by atoms with Crippen molar-refractivity contribution in [1.29, 1.82) is 0 Å². The van der Waals surface area contributed by atoms with Crippen LogP contribution in [0.25, 0.3) is 0 Å². The van der Waals surface area contributed by atoms with Crippen LogP contribution in [0, 0.1) is 12.8 Å². The highest BCUT2D eigenvalue weighted by Gasteiger charge is 2.29. The second-order valence-corrected chi connectivity index (χ2v) is 8.99. The maximum atomic E-state index is 13.4. The molecule has 1 N–H and O–H groups in total. The van der Waals surface area contributed by atoms with E-state index in [1.165, 1.54) is 0 Å². The fraction of sp³-hybridized carbons (Fsp3) is 0.481. The van der Waals surface area contributed by atoms with Gasteiger partial charge in [-0.15, -0.1) is 0 Å². The van der Waals surface area contributed by atoms with Gasteiger partial charge in [-0.3, -0.25) is 9.59 Å². The summed E-state index contributed by atoms with van der Waals surface area (Å²) < 4.78 is 5.96. The summed E-state index contributed by atoms with van der Waals surface area (Å²) >= 11 is 0. The first-order valence-electron chi connectivity index (χ1n) is 11.6. The van der Waals surface area contributed by atoms with Gasteiger partial charge in [0.25, 0.3) is 5.91 Å². The predicted molar refractivity (Wildman–Crippen MR) is 130 cm³/mol. The van der Waals surface area contributed by atoms with Crippen LogP contribution in [-0.2, 0) is 16.1 Å². The monoisotopic (exact) mass is 438 g/mol. The molecular formula is C27H38N2O3. The second-order valence-electron chi connectivity index (χ2n) is 8.99. The van der Waals surface area contributed by atoms with Crippen molar-refractivity contribution in [2.45, 2.75) is 66.5 Å². The van der Waals surface area contributed by atoms with Crippen molar-refractivity contribution in [2.75, 3.05) is 13.2 Å². The van der Waals surface area contributed by atoms with Crippen LogP contribution in [-0.4, -0.2) is 35.9 Å². The summed E-state index contributed by atoms with van der Waals surface area (Å²) in [4.78, 5) is 28.0. The van der Waals surface area contributed by atoms with Gasteiger partial charge in [0, 0.05) is 13.1 Å². The first kappa shape index (κ1) is 25.4. The van der Waals surface area contributed by atoms with Crippen molar-refractivity contribution < 1.29 is 14.3 Å². The molecule has 0 aliphatic carbocycles. The summed E-state index contributed by atoms with van der Waals surface area (Å²) in [6, 6.07) is 15.2. The van der Waals surface area contributed by atoms with Crippen LogP contribution in [0.3, 0.4) is 0 Å². The van der Waals surface area contributed by atoms with Gasteiger partial charge in [-0.25, -0.2) is 0 Å². The summed E-state index contributed by atoms with van der Waals surface area (Å²) in [5, 5.41) is 2.99. The van der Waals surface area contributed by atoms with Crippen molar-refractivity contribution in [3.05, 3.63) is 65.2 Å². The average Bonchev–Trinajstić information content (AvgIpc) is 2.77. The zero-order valence-electron chi connectivity index (χ0n) is 20.4. The zero-order valence-corrected chi connectivity index (χ0v) is 20.4. The largest absolute Gasteiger partial charge is 0.483 e. The Labute approximate surface area is 193 Å². The van der Waals surface area contributed by atoms with Crippen molar-refractivity contribution >= 4 is 11.8 Å². The van der Waals surface area contributed by atoms with E-state index in [4.69, 9.17) is 4.74 Å². The van der Waals surface area contributed by atoms with Gasteiger partial charge < -0.3 is 15.0 Å². The Morgan fingerprint density at radius 3 is 2.28 bits per heavy atom. The number of benzene rings is 2. The molecule has 5 nitrogen and oxygen atoms in total.